The van der Waals surface area contributed by atoms with Gasteiger partial charge in [0.1, 0.15) is 24.8 Å². The monoisotopic (exact) mass is 616 g/mol. The molecule has 6 nitrogen and oxygen atoms in total. The second kappa shape index (κ2) is 29.0. The van der Waals surface area contributed by atoms with Crippen molar-refractivity contribution in [1.29, 1.82) is 0 Å². The molecule has 0 spiro atoms. The van der Waals surface area contributed by atoms with Crippen molar-refractivity contribution in [2.24, 2.45) is 0 Å². The van der Waals surface area contributed by atoms with Gasteiger partial charge in [-0.05, 0) is 32.1 Å². The third-order valence-electron chi connectivity index (χ3n) is 7.59. The number of halogens is 2. The van der Waals surface area contributed by atoms with Gasteiger partial charge in [-0.3, -0.25) is 0 Å². The van der Waals surface area contributed by atoms with E-state index in [1.807, 2.05) is 0 Å². The first-order chi connectivity index (χ1) is 19.3. The van der Waals surface area contributed by atoms with Crippen molar-refractivity contribution in [2.75, 3.05) is 13.2 Å². The number of nitrogens with zero attached hydrogens (tertiary/aromatic N) is 4. The molecule has 0 aliphatic rings. The largest absolute Gasteiger partial charge is 1.00 e. The summed E-state index contributed by atoms with van der Waals surface area (Å²) in [6.45, 7) is 9.45. The quantitative estimate of drug-likeness (QED) is 0.108. The molecule has 0 aromatic carbocycles. The maximum atomic E-state index is 5.84. The topological polar surface area (TPSA) is 36.1 Å². The maximum Gasteiger partial charge on any atom is 0.245 e. The van der Waals surface area contributed by atoms with Gasteiger partial charge in [0.25, 0.3) is 0 Å². The Morgan fingerprint density at radius 2 is 0.805 bits per heavy atom. The lowest BCUT2D eigenvalue weighted by Gasteiger charge is -2.03. The molecule has 8 heteroatoms. The Labute approximate surface area is 265 Å². The van der Waals surface area contributed by atoms with Crippen molar-refractivity contribution in [2.45, 2.75) is 162 Å². The average molecular weight is 618 g/mol. The van der Waals surface area contributed by atoms with Crippen LogP contribution in [0.2, 0.25) is 0 Å². The van der Waals surface area contributed by atoms with Crippen LogP contribution in [0.3, 0.4) is 0 Å². The number of aryl methyl sites for hydroxylation is 2. The van der Waals surface area contributed by atoms with E-state index in [1.54, 1.807) is 0 Å². The van der Waals surface area contributed by atoms with Gasteiger partial charge in [0, 0.05) is 0 Å². The van der Waals surface area contributed by atoms with E-state index in [-0.39, 0.29) is 24.8 Å². The molecule has 0 aliphatic carbocycles. The fourth-order valence-corrected chi connectivity index (χ4v) is 5.11. The molecule has 0 saturated heterocycles. The summed E-state index contributed by atoms with van der Waals surface area (Å²) < 4.78 is 20.5. The molecule has 2 heterocycles. The van der Waals surface area contributed by atoms with E-state index in [0.29, 0.717) is 13.5 Å². The Balaban J connectivity index is 0.00000800. The lowest BCUT2D eigenvalue weighted by molar-refractivity contribution is -0.733. The van der Waals surface area contributed by atoms with Crippen LogP contribution in [0.15, 0.2) is 37.4 Å². The third-order valence-corrected chi connectivity index (χ3v) is 7.59. The molecule has 0 fully saturated rings. The van der Waals surface area contributed by atoms with Gasteiger partial charge in [-0.15, -0.1) is 0 Å². The molecule has 0 amide bonds. The highest BCUT2D eigenvalue weighted by Crippen LogP contribution is 2.11. The van der Waals surface area contributed by atoms with E-state index in [0.717, 1.165) is 32.7 Å². The Hall–Kier alpha value is -1.08. The van der Waals surface area contributed by atoms with Crippen LogP contribution in [0.1, 0.15) is 136 Å². The van der Waals surface area contributed by atoms with Crippen molar-refractivity contribution < 1.29 is 43.4 Å². The molecule has 240 valence electrons. The van der Waals surface area contributed by atoms with Crippen molar-refractivity contribution in [3.05, 3.63) is 37.4 Å². The number of ether oxygens (including phenoxy) is 2. The zero-order chi connectivity index (χ0) is 27.6. The molecule has 0 radical (unpaired) electrons. The standard InChI is InChI=1S/C33H62N4O2.2ClH/c1-3-5-7-9-11-13-15-17-19-22-34-24-26-36(30-34)32-38-28-21-29-39-33-37-27-25-35(31-37)23-20-18-16-14-12-10-8-6-4-2;;/h24-27,30-31H,3-23,28-29,32-33H2,1-2H3;2*1H/q+2;;/p-2. The smallest absolute Gasteiger partial charge is 0.245 e. The van der Waals surface area contributed by atoms with Gasteiger partial charge in [-0.25, -0.2) is 18.3 Å². The fraction of sp³-hybridized carbons (Fsp3) is 0.818. The van der Waals surface area contributed by atoms with Crippen LogP contribution in [-0.2, 0) is 36.0 Å². The molecule has 2 aromatic heterocycles. The predicted octanol–water partition coefficient (Wildman–Crippen LogP) is 1.97. The number of hydrogen-bond acceptors (Lipinski definition) is 2. The van der Waals surface area contributed by atoms with E-state index in [2.05, 4.69) is 69.6 Å². The lowest BCUT2D eigenvalue weighted by atomic mass is 10.1. The van der Waals surface area contributed by atoms with Crippen LogP contribution in [0.25, 0.3) is 0 Å². The van der Waals surface area contributed by atoms with Gasteiger partial charge in [0.2, 0.25) is 12.7 Å². The van der Waals surface area contributed by atoms with Crippen LogP contribution in [0.4, 0.5) is 0 Å². The molecule has 0 atom stereocenters. The van der Waals surface area contributed by atoms with Crippen molar-refractivity contribution in [3.8, 4) is 0 Å². The van der Waals surface area contributed by atoms with E-state index in [4.69, 9.17) is 9.47 Å². The first kappa shape index (κ1) is 39.9. The SMILES string of the molecule is CCCCCCCCCCCn1cc[n+](COCCCOC[n+]2ccn(CCCCCCCCCCC)c2)c1.[Cl-].[Cl-]. The first-order valence-corrected chi connectivity index (χ1v) is 16.6. The van der Waals surface area contributed by atoms with Crippen LogP contribution >= 0.6 is 0 Å². The Morgan fingerprint density at radius 3 is 1.17 bits per heavy atom. The summed E-state index contributed by atoms with van der Waals surface area (Å²) in [5.74, 6) is 0. The minimum atomic E-state index is 0. The highest BCUT2D eigenvalue weighted by molar-refractivity contribution is 4.66. The van der Waals surface area contributed by atoms with Crippen LogP contribution in [-0.4, -0.2) is 22.3 Å². The molecule has 41 heavy (non-hydrogen) atoms. The van der Waals surface area contributed by atoms with Gasteiger partial charge in [0.05, 0.1) is 26.3 Å². The van der Waals surface area contributed by atoms with E-state index < -0.39 is 0 Å². The lowest BCUT2D eigenvalue weighted by Crippen LogP contribution is -3.00. The zero-order valence-electron chi connectivity index (χ0n) is 26.5. The van der Waals surface area contributed by atoms with Crippen molar-refractivity contribution in [1.82, 2.24) is 9.13 Å². The van der Waals surface area contributed by atoms with Gasteiger partial charge in [-0.2, -0.15) is 0 Å². The Bertz CT molecular complexity index is 736. The minimum absolute atomic E-state index is 0. The van der Waals surface area contributed by atoms with Crippen LogP contribution in [0, 0.1) is 0 Å². The average Bonchev–Trinajstić information content (AvgIpc) is 3.60. The summed E-state index contributed by atoms with van der Waals surface area (Å²) in [5, 5.41) is 0. The summed E-state index contributed by atoms with van der Waals surface area (Å²) in [4.78, 5) is 0. The molecule has 0 unspecified atom stereocenters. The van der Waals surface area contributed by atoms with E-state index >= 15 is 0 Å². The van der Waals surface area contributed by atoms with E-state index in [9.17, 15) is 0 Å². The summed E-state index contributed by atoms with van der Waals surface area (Å²) in [7, 11) is 0. The molecule has 0 saturated carbocycles. The molecule has 0 bridgehead atoms. The molecule has 0 N–H and O–H groups in total. The molecular formula is C33H62Cl2N4O2. The minimum Gasteiger partial charge on any atom is -1.00 e. The van der Waals surface area contributed by atoms with Gasteiger partial charge in [0.15, 0.2) is 13.5 Å². The fourth-order valence-electron chi connectivity index (χ4n) is 5.11. The van der Waals surface area contributed by atoms with E-state index in [1.165, 1.54) is 116 Å². The Morgan fingerprint density at radius 1 is 0.463 bits per heavy atom. The number of rotatable bonds is 28. The molecule has 2 rings (SSSR count). The summed E-state index contributed by atoms with van der Waals surface area (Å²) >= 11 is 0. The van der Waals surface area contributed by atoms with Gasteiger partial charge < -0.3 is 34.3 Å². The molecule has 2 aromatic rings. The van der Waals surface area contributed by atoms with Gasteiger partial charge in [-0.1, -0.05) is 104 Å². The maximum absolute atomic E-state index is 5.84. The summed E-state index contributed by atoms with van der Waals surface area (Å²) in [5.41, 5.74) is 0. The van der Waals surface area contributed by atoms with Crippen LogP contribution in [0.5, 0.6) is 0 Å². The van der Waals surface area contributed by atoms with Crippen molar-refractivity contribution in [3.63, 3.8) is 0 Å². The van der Waals surface area contributed by atoms with Crippen LogP contribution < -0.4 is 33.9 Å². The molecule has 0 aliphatic heterocycles. The van der Waals surface area contributed by atoms with Gasteiger partial charge >= 0.3 is 0 Å². The number of unbranched alkanes of at least 4 members (excludes halogenated alkanes) is 16. The first-order valence-electron chi connectivity index (χ1n) is 16.6. The zero-order valence-corrected chi connectivity index (χ0v) is 28.0. The second-order valence-electron chi connectivity index (χ2n) is 11.4. The van der Waals surface area contributed by atoms with Crippen molar-refractivity contribution >= 4 is 0 Å². The Kier molecular flexibility index (Phi) is 28.2. The summed E-state index contributed by atoms with van der Waals surface area (Å²) in [6, 6.07) is 0. The predicted molar refractivity (Wildman–Crippen MR) is 160 cm³/mol. The molecular weight excluding hydrogens is 555 g/mol. The third kappa shape index (κ3) is 22.2. The highest BCUT2D eigenvalue weighted by atomic mass is 35.5. The number of imidazole rings is 2. The number of aromatic nitrogens is 4. The number of hydrogen-bond donors (Lipinski definition) is 0. The summed E-state index contributed by atoms with van der Waals surface area (Å²) in [6.07, 6.45) is 38.5. The normalized spacial score (nSPS) is 11.0. The second-order valence-corrected chi connectivity index (χ2v) is 11.4. The highest BCUT2D eigenvalue weighted by Gasteiger charge is 2.05.